The van der Waals surface area contributed by atoms with Crippen LogP contribution in [-0.4, -0.2) is 38.6 Å². The molecule has 1 saturated heterocycles. The first-order chi connectivity index (χ1) is 15.0. The molecule has 31 heavy (non-hydrogen) atoms. The summed E-state index contributed by atoms with van der Waals surface area (Å²) < 4.78 is 24.5. The van der Waals surface area contributed by atoms with Crippen LogP contribution in [0, 0.1) is 11.7 Å². The van der Waals surface area contributed by atoms with Gasteiger partial charge in [0, 0.05) is 25.4 Å². The lowest BCUT2D eigenvalue weighted by molar-refractivity contribution is -0.107. The number of benzene rings is 2. The molecule has 0 radical (unpaired) electrons. The van der Waals surface area contributed by atoms with E-state index in [2.05, 4.69) is 10.6 Å². The van der Waals surface area contributed by atoms with Crippen LogP contribution in [0.3, 0.4) is 0 Å². The van der Waals surface area contributed by atoms with Crippen molar-refractivity contribution in [2.24, 2.45) is 11.7 Å². The number of anilines is 3. The molecule has 6 N–H and O–H groups in total. The summed E-state index contributed by atoms with van der Waals surface area (Å²) in [6.45, 7) is 2.41. The summed E-state index contributed by atoms with van der Waals surface area (Å²) in [4.78, 5) is 22.7. The number of unbranched alkanes of at least 4 members (excludes halogenated alkanes) is 1. The molecular weight excluding hydrogens is 403 g/mol. The van der Waals surface area contributed by atoms with Gasteiger partial charge >= 0.3 is 0 Å². The lowest BCUT2D eigenvalue weighted by Crippen LogP contribution is -2.33. The van der Waals surface area contributed by atoms with Crippen LogP contribution in [0.5, 0.6) is 5.75 Å². The molecule has 2 aromatic rings. The van der Waals surface area contributed by atoms with Crippen molar-refractivity contribution in [2.45, 2.75) is 19.4 Å². The molecule has 1 amide bonds. The van der Waals surface area contributed by atoms with Crippen molar-refractivity contribution in [2.75, 3.05) is 42.7 Å². The highest BCUT2D eigenvalue weighted by molar-refractivity contribution is 6.04. The first-order valence-electron chi connectivity index (χ1n) is 10.1. The number of carbonyl (C=O) groups excluding carboxylic acids is 2. The van der Waals surface area contributed by atoms with Crippen LogP contribution in [0.15, 0.2) is 30.3 Å². The Morgan fingerprint density at radius 3 is 2.58 bits per heavy atom. The Kier molecular flexibility index (Phi) is 7.66. The number of hydrogen-bond acceptors (Lipinski definition) is 7. The topological polar surface area (TPSA) is 129 Å². The minimum atomic E-state index is -0.647. The maximum absolute atomic E-state index is 13.2. The summed E-state index contributed by atoms with van der Waals surface area (Å²) in [5.74, 6) is -0.339. The van der Waals surface area contributed by atoms with Crippen molar-refractivity contribution in [3.05, 3.63) is 47.3 Å². The third-order valence-corrected chi connectivity index (χ3v) is 4.93. The summed E-state index contributed by atoms with van der Waals surface area (Å²) in [5, 5.41) is 6.40. The summed E-state index contributed by atoms with van der Waals surface area (Å²) in [7, 11) is 0. The molecule has 0 bridgehead atoms. The van der Waals surface area contributed by atoms with Gasteiger partial charge in [0.1, 0.15) is 17.8 Å². The molecule has 3 rings (SSSR count). The minimum Gasteiger partial charge on any atom is -0.489 e. The molecule has 1 aliphatic rings. The van der Waals surface area contributed by atoms with Gasteiger partial charge in [-0.05, 0) is 30.2 Å². The highest BCUT2D eigenvalue weighted by Gasteiger charge is 2.24. The number of primary amides is 1. The lowest BCUT2D eigenvalue weighted by Gasteiger charge is -2.28. The molecule has 0 atom stereocenters. The number of hydrogen-bond donors (Lipinski definition) is 4. The van der Waals surface area contributed by atoms with Gasteiger partial charge in [0.2, 0.25) is 0 Å². The Balaban J connectivity index is 1.91. The fraction of sp³-hybridized carbons (Fsp3) is 0.364. The predicted octanol–water partition coefficient (Wildman–Crippen LogP) is 2.54. The monoisotopic (exact) mass is 430 g/mol. The van der Waals surface area contributed by atoms with Gasteiger partial charge in [0.05, 0.1) is 36.8 Å². The Hall–Kier alpha value is -3.33. The number of aldehydes is 1. The number of nitrogens with two attached hydrogens (primary N) is 2. The van der Waals surface area contributed by atoms with E-state index in [4.69, 9.17) is 20.9 Å². The molecule has 0 aromatic heterocycles. The SMILES string of the molecule is NC(=O)c1cc(N)c(NCc2ccc(F)cc2)c(OCC2COC2)c1NCCCC=O. The Bertz CT molecular complexity index is 917. The Morgan fingerprint density at radius 1 is 1.23 bits per heavy atom. The first kappa shape index (κ1) is 22.4. The third kappa shape index (κ3) is 5.85. The molecule has 0 spiro atoms. The molecule has 1 fully saturated rings. The fourth-order valence-corrected chi connectivity index (χ4v) is 3.15. The van der Waals surface area contributed by atoms with Gasteiger partial charge in [0.25, 0.3) is 5.91 Å². The van der Waals surface area contributed by atoms with E-state index in [1.54, 1.807) is 12.1 Å². The summed E-state index contributed by atoms with van der Waals surface area (Å²) in [6, 6.07) is 7.59. The van der Waals surface area contributed by atoms with Gasteiger partial charge in [-0.1, -0.05) is 12.1 Å². The van der Waals surface area contributed by atoms with Crippen LogP contribution in [0.1, 0.15) is 28.8 Å². The molecule has 166 valence electrons. The van der Waals surface area contributed by atoms with E-state index in [9.17, 15) is 14.0 Å². The Labute approximate surface area is 180 Å². The van der Waals surface area contributed by atoms with E-state index in [1.165, 1.54) is 18.2 Å². The second kappa shape index (κ2) is 10.6. The molecular formula is C22H27FN4O4. The molecule has 0 aliphatic carbocycles. The molecule has 2 aromatic carbocycles. The van der Waals surface area contributed by atoms with Crippen molar-refractivity contribution in [3.63, 3.8) is 0 Å². The number of carbonyl (C=O) groups is 2. The third-order valence-electron chi connectivity index (χ3n) is 4.93. The van der Waals surface area contributed by atoms with Crippen molar-refractivity contribution in [1.82, 2.24) is 0 Å². The molecule has 9 heteroatoms. The summed E-state index contributed by atoms with van der Waals surface area (Å²) >= 11 is 0. The van der Waals surface area contributed by atoms with Gasteiger partial charge in [-0.15, -0.1) is 0 Å². The molecule has 0 unspecified atom stereocenters. The summed E-state index contributed by atoms with van der Waals surface area (Å²) in [5.41, 5.74) is 14.1. The van der Waals surface area contributed by atoms with Crippen LogP contribution in [0.2, 0.25) is 0 Å². The fourth-order valence-electron chi connectivity index (χ4n) is 3.15. The zero-order valence-electron chi connectivity index (χ0n) is 17.2. The zero-order valence-corrected chi connectivity index (χ0v) is 17.2. The average Bonchev–Trinajstić information content (AvgIpc) is 2.71. The second-order valence-corrected chi connectivity index (χ2v) is 7.39. The van der Waals surface area contributed by atoms with E-state index in [-0.39, 0.29) is 17.3 Å². The Morgan fingerprint density at radius 2 is 1.97 bits per heavy atom. The largest absolute Gasteiger partial charge is 0.489 e. The number of amides is 1. The van der Waals surface area contributed by atoms with Crippen LogP contribution < -0.4 is 26.8 Å². The number of nitrogens with one attached hydrogen (secondary N) is 2. The van der Waals surface area contributed by atoms with Crippen molar-refractivity contribution in [1.29, 1.82) is 0 Å². The van der Waals surface area contributed by atoms with Gasteiger partial charge in [-0.3, -0.25) is 4.79 Å². The van der Waals surface area contributed by atoms with Gasteiger partial charge < -0.3 is 36.4 Å². The molecule has 0 saturated carbocycles. The predicted molar refractivity (Wildman–Crippen MR) is 117 cm³/mol. The van der Waals surface area contributed by atoms with Crippen molar-refractivity contribution in [3.8, 4) is 5.75 Å². The van der Waals surface area contributed by atoms with E-state index >= 15 is 0 Å². The maximum Gasteiger partial charge on any atom is 0.251 e. The van der Waals surface area contributed by atoms with Crippen LogP contribution in [-0.2, 0) is 16.1 Å². The van der Waals surface area contributed by atoms with E-state index in [0.29, 0.717) is 68.6 Å². The number of halogens is 1. The quantitative estimate of drug-likeness (QED) is 0.231. The lowest BCUT2D eigenvalue weighted by atomic mass is 10.1. The normalized spacial score (nSPS) is 13.3. The van der Waals surface area contributed by atoms with Gasteiger partial charge in [-0.2, -0.15) is 0 Å². The number of nitrogen functional groups attached to an aromatic ring is 1. The minimum absolute atomic E-state index is 0.204. The van der Waals surface area contributed by atoms with E-state index in [0.717, 1.165) is 11.8 Å². The van der Waals surface area contributed by atoms with Gasteiger partial charge in [-0.25, -0.2) is 4.39 Å². The number of rotatable bonds is 12. The number of ether oxygens (including phenoxy) is 2. The second-order valence-electron chi connectivity index (χ2n) is 7.39. The molecule has 1 heterocycles. The van der Waals surface area contributed by atoms with E-state index in [1.807, 2.05) is 0 Å². The molecule has 1 aliphatic heterocycles. The molecule has 8 nitrogen and oxygen atoms in total. The van der Waals surface area contributed by atoms with Crippen molar-refractivity contribution < 1.29 is 23.5 Å². The highest BCUT2D eigenvalue weighted by Crippen LogP contribution is 2.42. The van der Waals surface area contributed by atoms with E-state index < -0.39 is 5.91 Å². The van der Waals surface area contributed by atoms with Crippen LogP contribution in [0.4, 0.5) is 21.5 Å². The highest BCUT2D eigenvalue weighted by atomic mass is 19.1. The maximum atomic E-state index is 13.2. The smallest absolute Gasteiger partial charge is 0.251 e. The van der Waals surface area contributed by atoms with Crippen LogP contribution >= 0.6 is 0 Å². The van der Waals surface area contributed by atoms with Crippen molar-refractivity contribution >= 4 is 29.3 Å². The first-order valence-corrected chi connectivity index (χ1v) is 10.1. The zero-order chi connectivity index (χ0) is 22.2. The summed E-state index contributed by atoms with van der Waals surface area (Å²) in [6.07, 6.45) is 1.81. The van der Waals surface area contributed by atoms with Gasteiger partial charge in [0.15, 0.2) is 5.75 Å². The standard InChI is InChI=1S/C22H27FN4O4/c23-16-5-3-14(4-6-16)10-27-20-18(24)9-17(22(25)29)19(26-7-1-2-8-28)21(20)31-13-15-11-30-12-15/h3-6,8-9,15,26-27H,1-2,7,10-13,24H2,(H2,25,29). The van der Waals surface area contributed by atoms with Crippen LogP contribution in [0.25, 0.3) is 0 Å². The average molecular weight is 430 g/mol.